The fourth-order valence-corrected chi connectivity index (χ4v) is 0.714. The predicted molar refractivity (Wildman–Crippen MR) is 48.5 cm³/mol. The first-order chi connectivity index (χ1) is 5.27. The maximum atomic E-state index is 5.14. The zero-order chi connectivity index (χ0) is 8.53. The third-order valence-electron chi connectivity index (χ3n) is 1.23. The van der Waals surface area contributed by atoms with Crippen molar-refractivity contribution in [2.45, 2.75) is 19.8 Å². The number of nitrogens with one attached hydrogen (secondary N) is 1. The SMILES string of the molecule is CCCNCCCN=C(N)N. The number of hydrogen-bond acceptors (Lipinski definition) is 2. The van der Waals surface area contributed by atoms with E-state index in [1.54, 1.807) is 0 Å². The summed E-state index contributed by atoms with van der Waals surface area (Å²) >= 11 is 0. The summed E-state index contributed by atoms with van der Waals surface area (Å²) in [6, 6.07) is 0. The van der Waals surface area contributed by atoms with Gasteiger partial charge in [0.05, 0.1) is 0 Å². The first-order valence-corrected chi connectivity index (χ1v) is 4.03. The van der Waals surface area contributed by atoms with Crippen molar-refractivity contribution < 1.29 is 0 Å². The highest BCUT2D eigenvalue weighted by molar-refractivity contribution is 5.75. The molecule has 66 valence electrons. The first kappa shape index (κ1) is 10.2. The van der Waals surface area contributed by atoms with Gasteiger partial charge < -0.3 is 16.8 Å². The molecule has 0 atom stereocenters. The predicted octanol–water partition coefficient (Wildman–Crippen LogP) is -0.350. The number of nitrogens with zero attached hydrogens (tertiary/aromatic N) is 1. The van der Waals surface area contributed by atoms with Crippen LogP contribution >= 0.6 is 0 Å². The van der Waals surface area contributed by atoms with Crippen molar-refractivity contribution in [2.75, 3.05) is 19.6 Å². The number of hydrogen-bond donors (Lipinski definition) is 3. The van der Waals surface area contributed by atoms with E-state index >= 15 is 0 Å². The molecule has 0 aromatic heterocycles. The van der Waals surface area contributed by atoms with Crippen LogP contribution in [0.4, 0.5) is 0 Å². The zero-order valence-corrected chi connectivity index (χ0v) is 7.14. The minimum Gasteiger partial charge on any atom is -0.370 e. The van der Waals surface area contributed by atoms with Crippen LogP contribution in [0.3, 0.4) is 0 Å². The molecule has 4 heteroatoms. The highest BCUT2D eigenvalue weighted by Gasteiger charge is 1.85. The molecular formula is C7H18N4. The molecular weight excluding hydrogens is 140 g/mol. The largest absolute Gasteiger partial charge is 0.370 e. The Bertz CT molecular complexity index is 107. The van der Waals surface area contributed by atoms with Gasteiger partial charge in [0.1, 0.15) is 0 Å². The third-order valence-corrected chi connectivity index (χ3v) is 1.23. The molecule has 0 aliphatic carbocycles. The summed E-state index contributed by atoms with van der Waals surface area (Å²) in [5.41, 5.74) is 10.3. The van der Waals surface area contributed by atoms with E-state index in [2.05, 4.69) is 17.2 Å². The highest BCUT2D eigenvalue weighted by Crippen LogP contribution is 1.78. The van der Waals surface area contributed by atoms with E-state index < -0.39 is 0 Å². The van der Waals surface area contributed by atoms with Crippen LogP contribution in [0.15, 0.2) is 4.99 Å². The van der Waals surface area contributed by atoms with Crippen LogP contribution < -0.4 is 16.8 Å². The molecule has 0 unspecified atom stereocenters. The zero-order valence-electron chi connectivity index (χ0n) is 7.14. The van der Waals surface area contributed by atoms with Gasteiger partial charge in [-0.25, -0.2) is 0 Å². The van der Waals surface area contributed by atoms with Gasteiger partial charge in [0.15, 0.2) is 5.96 Å². The summed E-state index contributed by atoms with van der Waals surface area (Å²) < 4.78 is 0. The van der Waals surface area contributed by atoms with Gasteiger partial charge >= 0.3 is 0 Å². The monoisotopic (exact) mass is 158 g/mol. The molecule has 0 amide bonds. The van der Waals surface area contributed by atoms with Crippen LogP contribution in [-0.4, -0.2) is 25.6 Å². The van der Waals surface area contributed by atoms with E-state index in [0.717, 1.165) is 26.1 Å². The molecule has 5 N–H and O–H groups in total. The van der Waals surface area contributed by atoms with Crippen LogP contribution in [0.1, 0.15) is 19.8 Å². The molecule has 0 rings (SSSR count). The lowest BCUT2D eigenvalue weighted by Crippen LogP contribution is -2.23. The van der Waals surface area contributed by atoms with Crippen LogP contribution in [-0.2, 0) is 0 Å². The molecule has 0 aromatic rings. The third kappa shape index (κ3) is 9.23. The average Bonchev–Trinajstić information content (AvgIpc) is 1.96. The van der Waals surface area contributed by atoms with E-state index in [-0.39, 0.29) is 5.96 Å². The van der Waals surface area contributed by atoms with Crippen LogP contribution in [0, 0.1) is 0 Å². The lowest BCUT2D eigenvalue weighted by atomic mass is 10.4. The molecule has 0 saturated carbocycles. The summed E-state index contributed by atoms with van der Waals surface area (Å²) in [6.07, 6.45) is 2.17. The number of nitrogens with two attached hydrogens (primary N) is 2. The van der Waals surface area contributed by atoms with Gasteiger partial charge in [-0.05, 0) is 25.9 Å². The molecule has 0 aromatic carbocycles. The normalized spacial score (nSPS) is 9.55. The second-order valence-electron chi connectivity index (χ2n) is 2.41. The second kappa shape index (κ2) is 7.34. The van der Waals surface area contributed by atoms with E-state index in [0.29, 0.717) is 0 Å². The van der Waals surface area contributed by atoms with E-state index in [1.165, 1.54) is 6.42 Å². The van der Waals surface area contributed by atoms with Crippen LogP contribution in [0.25, 0.3) is 0 Å². The quantitative estimate of drug-likeness (QED) is 0.281. The minimum absolute atomic E-state index is 0.181. The Morgan fingerprint density at radius 1 is 1.36 bits per heavy atom. The molecule has 0 radical (unpaired) electrons. The summed E-state index contributed by atoms with van der Waals surface area (Å²) in [5, 5.41) is 3.26. The fourth-order valence-electron chi connectivity index (χ4n) is 0.714. The Morgan fingerprint density at radius 2 is 2.09 bits per heavy atom. The Kier molecular flexibility index (Phi) is 6.82. The summed E-state index contributed by atoms with van der Waals surface area (Å²) in [5.74, 6) is 0.181. The fraction of sp³-hybridized carbons (Fsp3) is 0.857. The van der Waals surface area contributed by atoms with E-state index in [9.17, 15) is 0 Å². The van der Waals surface area contributed by atoms with Crippen molar-refractivity contribution in [2.24, 2.45) is 16.5 Å². The van der Waals surface area contributed by atoms with Crippen molar-refractivity contribution >= 4 is 5.96 Å². The Labute approximate surface area is 68.1 Å². The van der Waals surface area contributed by atoms with Crippen molar-refractivity contribution in [3.8, 4) is 0 Å². The van der Waals surface area contributed by atoms with Gasteiger partial charge in [0, 0.05) is 6.54 Å². The molecule has 0 bridgehead atoms. The molecule has 4 nitrogen and oxygen atoms in total. The molecule has 0 aliphatic rings. The second-order valence-corrected chi connectivity index (χ2v) is 2.41. The molecule has 0 spiro atoms. The van der Waals surface area contributed by atoms with Crippen LogP contribution in [0.2, 0.25) is 0 Å². The van der Waals surface area contributed by atoms with Crippen molar-refractivity contribution in [1.82, 2.24) is 5.32 Å². The number of rotatable bonds is 6. The molecule has 0 fully saturated rings. The van der Waals surface area contributed by atoms with Crippen molar-refractivity contribution in [3.63, 3.8) is 0 Å². The van der Waals surface area contributed by atoms with E-state index in [4.69, 9.17) is 11.5 Å². The molecule has 0 heterocycles. The summed E-state index contributed by atoms with van der Waals surface area (Å²) in [7, 11) is 0. The van der Waals surface area contributed by atoms with Crippen LogP contribution in [0.5, 0.6) is 0 Å². The Morgan fingerprint density at radius 3 is 2.64 bits per heavy atom. The lowest BCUT2D eigenvalue weighted by Gasteiger charge is -1.99. The Balaban J connectivity index is 2.97. The number of guanidine groups is 1. The summed E-state index contributed by atoms with van der Waals surface area (Å²) in [4.78, 5) is 3.85. The highest BCUT2D eigenvalue weighted by atomic mass is 15.0. The minimum atomic E-state index is 0.181. The van der Waals surface area contributed by atoms with E-state index in [1.807, 2.05) is 0 Å². The van der Waals surface area contributed by atoms with Gasteiger partial charge in [0.25, 0.3) is 0 Å². The number of aliphatic imine (C=N–C) groups is 1. The topological polar surface area (TPSA) is 76.4 Å². The van der Waals surface area contributed by atoms with Crippen molar-refractivity contribution in [3.05, 3.63) is 0 Å². The summed E-state index contributed by atoms with van der Waals surface area (Å²) in [6.45, 7) is 4.93. The van der Waals surface area contributed by atoms with Gasteiger partial charge in [0.2, 0.25) is 0 Å². The standard InChI is InChI=1S/C7H18N4/c1-2-4-10-5-3-6-11-7(8)9/h10H,2-6H2,1H3,(H4,8,9,11). The van der Waals surface area contributed by atoms with Gasteiger partial charge in [-0.2, -0.15) is 0 Å². The maximum absolute atomic E-state index is 5.14. The smallest absolute Gasteiger partial charge is 0.185 e. The molecule has 0 saturated heterocycles. The Hall–Kier alpha value is -0.770. The van der Waals surface area contributed by atoms with Gasteiger partial charge in [-0.15, -0.1) is 0 Å². The first-order valence-electron chi connectivity index (χ1n) is 4.03. The average molecular weight is 158 g/mol. The molecule has 11 heavy (non-hydrogen) atoms. The van der Waals surface area contributed by atoms with Gasteiger partial charge in [-0.1, -0.05) is 6.92 Å². The molecule has 0 aliphatic heterocycles. The van der Waals surface area contributed by atoms with Crippen molar-refractivity contribution in [1.29, 1.82) is 0 Å². The maximum Gasteiger partial charge on any atom is 0.185 e. The van der Waals surface area contributed by atoms with Gasteiger partial charge in [-0.3, -0.25) is 4.99 Å². The lowest BCUT2D eigenvalue weighted by molar-refractivity contribution is 0.645.